The van der Waals surface area contributed by atoms with E-state index in [1.54, 1.807) is 0 Å². The molecule has 140 valence electrons. The van der Waals surface area contributed by atoms with Crippen LogP contribution in [0, 0.1) is 13.8 Å². The number of ether oxygens (including phenoxy) is 1. The molecule has 2 aromatic rings. The first-order chi connectivity index (χ1) is 12.5. The number of aromatic nitrogens is 2. The smallest absolute Gasteiger partial charge is 0.222 e. The minimum atomic E-state index is -0.0192. The number of hydrogen-bond acceptors (Lipinski definition) is 7. The van der Waals surface area contributed by atoms with E-state index < -0.39 is 0 Å². The third-order valence-corrected chi connectivity index (χ3v) is 6.35. The molecular formula is C19H27N5OS. The highest BCUT2D eigenvalue weighted by Gasteiger charge is 2.40. The number of thiophene rings is 1. The van der Waals surface area contributed by atoms with Crippen molar-refractivity contribution in [1.29, 1.82) is 0 Å². The van der Waals surface area contributed by atoms with Crippen molar-refractivity contribution in [1.82, 2.24) is 14.9 Å². The quantitative estimate of drug-likeness (QED) is 0.892. The van der Waals surface area contributed by atoms with E-state index >= 15 is 0 Å². The second-order valence-electron chi connectivity index (χ2n) is 7.47. The summed E-state index contributed by atoms with van der Waals surface area (Å²) in [5, 5.41) is 0. The Morgan fingerprint density at radius 3 is 2.69 bits per heavy atom. The normalized spacial score (nSPS) is 20.6. The third-order valence-electron chi connectivity index (χ3n) is 5.36. The lowest BCUT2D eigenvalue weighted by molar-refractivity contribution is -0.122. The average molecular weight is 374 g/mol. The molecule has 1 spiro atoms. The van der Waals surface area contributed by atoms with Gasteiger partial charge in [0.05, 0.1) is 12.2 Å². The molecule has 0 atom stereocenters. The number of anilines is 2. The highest BCUT2D eigenvalue weighted by molar-refractivity contribution is 7.11. The van der Waals surface area contributed by atoms with E-state index in [1.807, 2.05) is 24.3 Å². The van der Waals surface area contributed by atoms with Crippen molar-refractivity contribution in [2.45, 2.75) is 38.8 Å². The van der Waals surface area contributed by atoms with Crippen LogP contribution < -0.4 is 10.6 Å². The van der Waals surface area contributed by atoms with Gasteiger partial charge in [-0.25, -0.2) is 4.98 Å². The monoisotopic (exact) mass is 373 g/mol. The topological polar surface area (TPSA) is 67.5 Å². The fourth-order valence-corrected chi connectivity index (χ4v) is 4.96. The molecule has 2 aliphatic rings. The van der Waals surface area contributed by atoms with Gasteiger partial charge in [-0.15, -0.1) is 11.3 Å². The first-order valence-corrected chi connectivity index (χ1v) is 10.1. The molecule has 2 N–H and O–H groups in total. The lowest BCUT2D eigenvalue weighted by Crippen LogP contribution is -2.56. The Kier molecular flexibility index (Phi) is 4.86. The molecule has 0 aliphatic carbocycles. The Balaban J connectivity index is 1.39. The van der Waals surface area contributed by atoms with Gasteiger partial charge in [0.25, 0.3) is 0 Å². The fraction of sp³-hybridized carbons (Fsp3) is 0.579. The van der Waals surface area contributed by atoms with E-state index in [2.05, 4.69) is 38.8 Å². The number of hydrogen-bond donors (Lipinski definition) is 1. The van der Waals surface area contributed by atoms with Crippen LogP contribution >= 0.6 is 11.3 Å². The van der Waals surface area contributed by atoms with Gasteiger partial charge in [-0.05, 0) is 38.8 Å². The molecule has 2 fully saturated rings. The van der Waals surface area contributed by atoms with Gasteiger partial charge in [-0.3, -0.25) is 4.90 Å². The molecule has 2 saturated heterocycles. The number of morpholine rings is 1. The summed E-state index contributed by atoms with van der Waals surface area (Å²) in [6.45, 7) is 9.92. The molecular weight excluding hydrogens is 346 g/mol. The molecule has 0 aromatic carbocycles. The largest absolute Gasteiger partial charge is 0.372 e. The van der Waals surface area contributed by atoms with Gasteiger partial charge in [0.2, 0.25) is 5.95 Å². The number of nitrogen functional groups attached to an aromatic ring is 1. The van der Waals surface area contributed by atoms with Crippen molar-refractivity contribution >= 4 is 23.1 Å². The van der Waals surface area contributed by atoms with Crippen molar-refractivity contribution in [3.63, 3.8) is 0 Å². The van der Waals surface area contributed by atoms with Gasteiger partial charge >= 0.3 is 0 Å². The van der Waals surface area contributed by atoms with Gasteiger partial charge < -0.3 is 15.4 Å². The second kappa shape index (κ2) is 7.13. The van der Waals surface area contributed by atoms with Crippen LogP contribution in [0.4, 0.5) is 11.8 Å². The van der Waals surface area contributed by atoms with E-state index in [-0.39, 0.29) is 5.60 Å². The van der Waals surface area contributed by atoms with Crippen molar-refractivity contribution in [2.75, 3.05) is 43.4 Å². The van der Waals surface area contributed by atoms with Gasteiger partial charge in [-0.1, -0.05) is 0 Å². The first kappa shape index (κ1) is 17.7. The number of nitrogens with zero attached hydrogens (tertiary/aromatic N) is 4. The minimum absolute atomic E-state index is 0.0192. The Bertz CT molecular complexity index is 749. The lowest BCUT2D eigenvalue weighted by atomic mass is 9.89. The van der Waals surface area contributed by atoms with E-state index in [0.717, 1.165) is 63.7 Å². The SMILES string of the molecule is Cc1cc(N2CCC3(CC2)CN(Cc2ccc(C)s2)CCO3)nc(N)n1. The molecule has 26 heavy (non-hydrogen) atoms. The molecule has 0 radical (unpaired) electrons. The maximum atomic E-state index is 6.29. The van der Waals surface area contributed by atoms with Gasteiger partial charge in [0.15, 0.2) is 0 Å². The molecule has 0 unspecified atom stereocenters. The van der Waals surface area contributed by atoms with Crippen LogP contribution in [0.2, 0.25) is 0 Å². The summed E-state index contributed by atoms with van der Waals surface area (Å²) in [5.41, 5.74) is 6.71. The molecule has 0 bridgehead atoms. The summed E-state index contributed by atoms with van der Waals surface area (Å²) >= 11 is 1.90. The fourth-order valence-electron chi connectivity index (χ4n) is 4.03. The van der Waals surface area contributed by atoms with Crippen LogP contribution in [0.3, 0.4) is 0 Å². The number of aryl methyl sites for hydroxylation is 2. The predicted molar refractivity (Wildman–Crippen MR) is 106 cm³/mol. The summed E-state index contributed by atoms with van der Waals surface area (Å²) in [6.07, 6.45) is 2.05. The number of rotatable bonds is 3. The highest BCUT2D eigenvalue weighted by atomic mass is 32.1. The van der Waals surface area contributed by atoms with Crippen molar-refractivity contribution in [2.24, 2.45) is 0 Å². The molecule has 0 saturated carbocycles. The summed E-state index contributed by atoms with van der Waals surface area (Å²) in [5.74, 6) is 1.29. The van der Waals surface area contributed by atoms with Crippen molar-refractivity contribution < 1.29 is 4.74 Å². The molecule has 2 aliphatic heterocycles. The van der Waals surface area contributed by atoms with Crippen molar-refractivity contribution in [3.8, 4) is 0 Å². The summed E-state index contributed by atoms with van der Waals surface area (Å²) in [7, 11) is 0. The first-order valence-electron chi connectivity index (χ1n) is 9.29. The zero-order chi connectivity index (χ0) is 18.1. The Morgan fingerprint density at radius 2 is 2.00 bits per heavy atom. The Labute approximate surface area is 159 Å². The van der Waals surface area contributed by atoms with Crippen LogP contribution in [-0.2, 0) is 11.3 Å². The predicted octanol–water partition coefficient (Wildman–Crippen LogP) is 2.61. The molecule has 4 rings (SSSR count). The Morgan fingerprint density at radius 1 is 1.19 bits per heavy atom. The average Bonchev–Trinajstić information content (AvgIpc) is 2.99. The van der Waals surface area contributed by atoms with Gasteiger partial charge in [0.1, 0.15) is 5.82 Å². The van der Waals surface area contributed by atoms with Gasteiger partial charge in [0, 0.05) is 54.2 Å². The van der Waals surface area contributed by atoms with E-state index in [0.29, 0.717) is 5.95 Å². The Hall–Kier alpha value is -1.70. The third kappa shape index (κ3) is 3.84. The van der Waals surface area contributed by atoms with Crippen LogP contribution in [0.25, 0.3) is 0 Å². The molecule has 2 aromatic heterocycles. The number of piperidine rings is 1. The van der Waals surface area contributed by atoms with E-state index in [4.69, 9.17) is 10.5 Å². The van der Waals surface area contributed by atoms with Crippen LogP contribution in [0.5, 0.6) is 0 Å². The molecule has 6 nitrogen and oxygen atoms in total. The van der Waals surface area contributed by atoms with E-state index in [1.165, 1.54) is 9.75 Å². The molecule has 0 amide bonds. The standard InChI is InChI=1S/C19H27N5OS/c1-14-11-17(22-18(20)21-14)24-7-5-19(6-8-24)13-23(9-10-25-19)12-16-4-3-15(2)26-16/h3-4,11H,5-10,12-13H2,1-2H3,(H2,20,21,22). The van der Waals surface area contributed by atoms with Gasteiger partial charge in [-0.2, -0.15) is 4.98 Å². The maximum absolute atomic E-state index is 6.29. The maximum Gasteiger partial charge on any atom is 0.222 e. The van der Waals surface area contributed by atoms with E-state index in [9.17, 15) is 0 Å². The minimum Gasteiger partial charge on any atom is -0.372 e. The lowest BCUT2D eigenvalue weighted by Gasteiger charge is -2.47. The van der Waals surface area contributed by atoms with Crippen LogP contribution in [-0.4, -0.2) is 53.3 Å². The van der Waals surface area contributed by atoms with Crippen molar-refractivity contribution in [3.05, 3.63) is 33.6 Å². The van der Waals surface area contributed by atoms with Crippen LogP contribution in [0.1, 0.15) is 28.3 Å². The second-order valence-corrected chi connectivity index (χ2v) is 8.84. The highest BCUT2D eigenvalue weighted by Crippen LogP contribution is 2.33. The molecule has 7 heteroatoms. The van der Waals surface area contributed by atoms with Crippen LogP contribution in [0.15, 0.2) is 18.2 Å². The zero-order valence-electron chi connectivity index (χ0n) is 15.6. The summed E-state index contributed by atoms with van der Waals surface area (Å²) in [4.78, 5) is 16.3. The summed E-state index contributed by atoms with van der Waals surface area (Å²) < 4.78 is 6.29. The number of nitrogens with two attached hydrogens (primary N) is 1. The molecule has 4 heterocycles. The zero-order valence-corrected chi connectivity index (χ0v) is 16.4. The summed E-state index contributed by atoms with van der Waals surface area (Å²) in [6, 6.07) is 6.48.